The van der Waals surface area contributed by atoms with Crippen LogP contribution in [0, 0.1) is 11.3 Å². The molecule has 1 spiro atoms. The summed E-state index contributed by atoms with van der Waals surface area (Å²) in [4.78, 5) is 31.8. The first-order valence-electron chi connectivity index (χ1n) is 11.2. The van der Waals surface area contributed by atoms with Gasteiger partial charge in [0.1, 0.15) is 17.1 Å². The van der Waals surface area contributed by atoms with E-state index in [4.69, 9.17) is 14.3 Å². The zero-order chi connectivity index (χ0) is 26.3. The molecule has 0 bridgehead atoms. The monoisotopic (exact) mass is 506 g/mol. The van der Waals surface area contributed by atoms with Crippen molar-refractivity contribution in [1.82, 2.24) is 5.32 Å². The third-order valence-corrected chi connectivity index (χ3v) is 6.85. The van der Waals surface area contributed by atoms with Crippen molar-refractivity contribution < 1.29 is 42.2 Å². The molecule has 192 valence electrons. The first-order chi connectivity index (χ1) is 17.0. The van der Waals surface area contributed by atoms with Crippen molar-refractivity contribution in [3.63, 3.8) is 0 Å². The van der Waals surface area contributed by atoms with E-state index in [2.05, 4.69) is 10.5 Å². The molecule has 0 aromatic heterocycles. The van der Waals surface area contributed by atoms with Crippen molar-refractivity contribution >= 4 is 17.7 Å². The topological polar surface area (TPSA) is 106 Å². The van der Waals surface area contributed by atoms with E-state index in [1.165, 1.54) is 51.3 Å². The summed E-state index contributed by atoms with van der Waals surface area (Å²) in [5, 5.41) is 17.3. The Hall–Kier alpha value is -3.44. The molecule has 2 heterocycles. The van der Waals surface area contributed by atoms with E-state index < -0.39 is 47.1 Å². The number of ether oxygens (including phenoxy) is 2. The van der Waals surface area contributed by atoms with Crippen LogP contribution in [0.5, 0.6) is 5.75 Å². The molecule has 0 amide bonds. The fourth-order valence-electron chi connectivity index (χ4n) is 5.27. The predicted molar refractivity (Wildman–Crippen MR) is 121 cm³/mol. The van der Waals surface area contributed by atoms with E-state index >= 15 is 0 Å². The third kappa shape index (κ3) is 3.73. The highest BCUT2D eigenvalue weighted by Gasteiger charge is 2.76. The molecule has 8 nitrogen and oxygen atoms in total. The van der Waals surface area contributed by atoms with Crippen molar-refractivity contribution in [2.75, 3.05) is 13.7 Å². The number of methoxy groups -OCH3 is 1. The van der Waals surface area contributed by atoms with Gasteiger partial charge in [0.2, 0.25) is 5.72 Å². The van der Waals surface area contributed by atoms with E-state index in [-0.39, 0.29) is 23.4 Å². The average molecular weight is 506 g/mol. The molecule has 0 saturated carbocycles. The maximum atomic E-state index is 14.7. The summed E-state index contributed by atoms with van der Waals surface area (Å²) in [6.07, 6.45) is -5.34. The second kappa shape index (κ2) is 9.21. The number of carbonyl (C=O) groups is 2. The van der Waals surface area contributed by atoms with E-state index in [0.717, 1.165) is 0 Å². The summed E-state index contributed by atoms with van der Waals surface area (Å²) < 4.78 is 54.3. The largest absolute Gasteiger partial charge is 0.497 e. The van der Waals surface area contributed by atoms with Crippen LogP contribution in [0.1, 0.15) is 36.9 Å². The molecule has 4 rings (SSSR count). The minimum absolute atomic E-state index is 0.0418. The summed E-state index contributed by atoms with van der Waals surface area (Å²) in [7, 11) is 1.38. The standard InChI is InChI=1S/C25H25F3N2O6/c1-4-35-21(31)19-18(15-9-6-5-7-10-15)23(14(2)30-36-22(23)32)20(29-24(19,33)25(26,27)28)16-11-8-12-17(13-16)34-3/h5-13,18-20,29,33H,4H2,1-3H3/t18-,19+,20-,23-,24+/m0/s1. The fourth-order valence-corrected chi connectivity index (χ4v) is 5.27. The first kappa shape index (κ1) is 25.6. The van der Waals surface area contributed by atoms with Gasteiger partial charge in [-0.15, -0.1) is 0 Å². The summed E-state index contributed by atoms with van der Waals surface area (Å²) in [6, 6.07) is 12.3. The Morgan fingerprint density at radius 1 is 1.17 bits per heavy atom. The summed E-state index contributed by atoms with van der Waals surface area (Å²) in [5.41, 5.74) is -5.29. The molecule has 1 saturated heterocycles. The number of oxime groups is 1. The van der Waals surface area contributed by atoms with Crippen molar-refractivity contribution in [3.8, 4) is 5.75 Å². The highest BCUT2D eigenvalue weighted by atomic mass is 19.4. The molecule has 2 aliphatic rings. The number of nitrogens with one attached hydrogen (secondary N) is 1. The van der Waals surface area contributed by atoms with Crippen molar-refractivity contribution in [2.24, 2.45) is 16.5 Å². The van der Waals surface area contributed by atoms with Gasteiger partial charge in [-0.2, -0.15) is 13.2 Å². The van der Waals surface area contributed by atoms with Crippen molar-refractivity contribution in [2.45, 2.75) is 37.7 Å². The van der Waals surface area contributed by atoms with E-state index in [9.17, 15) is 27.9 Å². The Bertz CT molecular complexity index is 1190. The minimum atomic E-state index is -5.34. The highest BCUT2D eigenvalue weighted by Crippen LogP contribution is 2.61. The van der Waals surface area contributed by atoms with Gasteiger partial charge in [-0.25, -0.2) is 4.79 Å². The van der Waals surface area contributed by atoms with Gasteiger partial charge in [0.05, 0.1) is 25.5 Å². The number of piperidine rings is 1. The number of hydrogen-bond acceptors (Lipinski definition) is 8. The van der Waals surface area contributed by atoms with Gasteiger partial charge in [0, 0.05) is 5.92 Å². The molecule has 2 aromatic rings. The lowest BCUT2D eigenvalue weighted by Crippen LogP contribution is -2.74. The van der Waals surface area contributed by atoms with Gasteiger partial charge < -0.3 is 19.4 Å². The predicted octanol–water partition coefficient (Wildman–Crippen LogP) is 3.47. The van der Waals surface area contributed by atoms with E-state index in [1.807, 2.05) is 0 Å². The molecule has 36 heavy (non-hydrogen) atoms. The average Bonchev–Trinajstić information content (AvgIpc) is 3.14. The Kier molecular flexibility index (Phi) is 6.56. The number of rotatable bonds is 5. The lowest BCUT2D eigenvalue weighted by atomic mass is 9.54. The number of benzene rings is 2. The lowest BCUT2D eigenvalue weighted by molar-refractivity contribution is -0.311. The molecule has 2 aromatic carbocycles. The highest BCUT2D eigenvalue weighted by molar-refractivity contribution is 6.11. The SMILES string of the molecule is CCOC(=O)[C@H]1[C@H](c2ccccc2)[C@]2(C(=O)ON=C2C)[C@H](c2cccc(OC)c2)N[C@]1(O)C(F)(F)F. The van der Waals surface area contributed by atoms with Crippen LogP contribution in [0.15, 0.2) is 59.8 Å². The molecule has 1 fully saturated rings. The molecule has 2 N–H and O–H groups in total. The van der Waals surface area contributed by atoms with Crippen molar-refractivity contribution in [1.29, 1.82) is 0 Å². The van der Waals surface area contributed by atoms with Crippen LogP contribution in [0.3, 0.4) is 0 Å². The third-order valence-electron chi connectivity index (χ3n) is 6.85. The number of hydrogen-bond donors (Lipinski definition) is 2. The van der Waals surface area contributed by atoms with Crippen molar-refractivity contribution in [3.05, 3.63) is 65.7 Å². The Labute approximate surface area is 205 Å². The Balaban J connectivity index is 2.10. The number of alkyl halides is 3. The molecule has 11 heteroatoms. The Morgan fingerprint density at radius 2 is 1.83 bits per heavy atom. The second-order valence-electron chi connectivity index (χ2n) is 8.66. The van der Waals surface area contributed by atoms with Crippen LogP contribution in [-0.4, -0.2) is 48.4 Å². The van der Waals surface area contributed by atoms with Gasteiger partial charge in [0.25, 0.3) is 0 Å². The smallest absolute Gasteiger partial charge is 0.431 e. The zero-order valence-electron chi connectivity index (χ0n) is 19.7. The van der Waals surface area contributed by atoms with E-state index in [0.29, 0.717) is 5.75 Å². The van der Waals surface area contributed by atoms with E-state index in [1.54, 1.807) is 24.3 Å². The van der Waals surface area contributed by atoms with Crippen LogP contribution >= 0.6 is 0 Å². The molecule has 0 radical (unpaired) electrons. The quantitative estimate of drug-likeness (QED) is 0.473. The molecule has 5 atom stereocenters. The van der Waals surface area contributed by atoms with Gasteiger partial charge in [-0.3, -0.25) is 10.1 Å². The second-order valence-corrected chi connectivity index (χ2v) is 8.66. The van der Waals surface area contributed by atoms with Gasteiger partial charge in [-0.05, 0) is 37.1 Å². The number of carbonyl (C=O) groups excluding carboxylic acids is 2. The molecule has 2 aliphatic heterocycles. The first-order valence-corrected chi connectivity index (χ1v) is 11.2. The van der Waals surface area contributed by atoms with Gasteiger partial charge in [-0.1, -0.05) is 47.6 Å². The summed E-state index contributed by atoms with van der Waals surface area (Å²) in [5.74, 6) is -5.83. The minimum Gasteiger partial charge on any atom is -0.497 e. The van der Waals surface area contributed by atoms with Gasteiger partial charge in [0.15, 0.2) is 0 Å². The number of halogens is 3. The maximum Gasteiger partial charge on any atom is 0.431 e. The molecular weight excluding hydrogens is 481 g/mol. The Morgan fingerprint density at radius 3 is 2.39 bits per heavy atom. The number of nitrogens with zero attached hydrogens (tertiary/aromatic N) is 1. The van der Waals surface area contributed by atoms with Gasteiger partial charge >= 0.3 is 18.1 Å². The molecule has 0 unspecified atom stereocenters. The van der Waals surface area contributed by atoms with Crippen LogP contribution in [-0.2, 0) is 19.2 Å². The normalized spacial score (nSPS) is 30.0. The van der Waals surface area contributed by atoms with Crippen LogP contribution in [0.2, 0.25) is 0 Å². The number of aliphatic hydroxyl groups is 1. The van der Waals surface area contributed by atoms with Crippen LogP contribution in [0.4, 0.5) is 13.2 Å². The van der Waals surface area contributed by atoms with Crippen LogP contribution < -0.4 is 10.1 Å². The zero-order valence-corrected chi connectivity index (χ0v) is 19.7. The summed E-state index contributed by atoms with van der Waals surface area (Å²) >= 11 is 0. The number of esters is 1. The molecular formula is C25H25F3N2O6. The lowest BCUT2D eigenvalue weighted by Gasteiger charge is -2.55. The summed E-state index contributed by atoms with van der Waals surface area (Å²) in [6.45, 7) is 2.63. The van der Waals surface area contributed by atoms with Crippen LogP contribution in [0.25, 0.3) is 0 Å². The molecule has 0 aliphatic carbocycles. The maximum absolute atomic E-state index is 14.7. The fraction of sp³-hybridized carbons (Fsp3) is 0.400.